The summed E-state index contributed by atoms with van der Waals surface area (Å²) in [5.41, 5.74) is 3.71. The summed E-state index contributed by atoms with van der Waals surface area (Å²) in [5.74, 6) is 0.250. The van der Waals surface area contributed by atoms with Gasteiger partial charge in [0.25, 0.3) is 0 Å². The highest BCUT2D eigenvalue weighted by Gasteiger charge is 2.16. The van der Waals surface area contributed by atoms with E-state index in [1.165, 1.54) is 6.08 Å². The van der Waals surface area contributed by atoms with Crippen LogP contribution in [0.4, 0.5) is 0 Å². The Bertz CT molecular complexity index is 1250. The number of para-hydroxylation sites is 1. The molecule has 7 nitrogen and oxygen atoms in total. The van der Waals surface area contributed by atoms with Crippen molar-refractivity contribution in [2.75, 3.05) is 13.6 Å². The zero-order valence-electron chi connectivity index (χ0n) is 18.9. The Hall–Kier alpha value is -4.39. The van der Waals surface area contributed by atoms with Crippen molar-refractivity contribution >= 4 is 17.9 Å². The molecule has 0 bridgehead atoms. The number of nitrogens with one attached hydrogen (secondary N) is 1. The number of nitrogens with zero attached hydrogens (tertiary/aromatic N) is 3. The van der Waals surface area contributed by atoms with Gasteiger partial charge in [0.2, 0.25) is 11.8 Å². The largest absolute Gasteiger partial charge is 0.465 e. The Kier molecular flexibility index (Phi) is 7.35. The topological polar surface area (TPSA) is 80.4 Å². The average molecular weight is 455 g/mol. The number of amides is 2. The standard InChI is InChI=1S/C27H26N4O3/c1-30(26(33)16-17-28-25(32)15-14-24-13-8-18-34-24)19-22-20-31(23-11-6-3-7-12-23)29-27(22)21-9-4-2-5-10-21/h2-15,18,20H,16-17,19H2,1H3,(H,28,32)/b15-14+. The maximum atomic E-state index is 12.7. The van der Waals surface area contributed by atoms with E-state index in [4.69, 9.17) is 9.52 Å². The third-order valence-corrected chi connectivity index (χ3v) is 5.27. The van der Waals surface area contributed by atoms with Crippen LogP contribution in [0.3, 0.4) is 0 Å². The zero-order chi connectivity index (χ0) is 23.8. The molecule has 2 aromatic carbocycles. The molecule has 0 radical (unpaired) electrons. The van der Waals surface area contributed by atoms with Gasteiger partial charge in [-0.15, -0.1) is 0 Å². The molecule has 1 N–H and O–H groups in total. The number of aromatic nitrogens is 2. The zero-order valence-corrected chi connectivity index (χ0v) is 18.9. The van der Waals surface area contributed by atoms with Crippen LogP contribution in [-0.4, -0.2) is 40.1 Å². The van der Waals surface area contributed by atoms with E-state index >= 15 is 0 Å². The molecule has 34 heavy (non-hydrogen) atoms. The minimum Gasteiger partial charge on any atom is -0.465 e. The fraction of sp³-hybridized carbons (Fsp3) is 0.148. The van der Waals surface area contributed by atoms with Crippen molar-refractivity contribution in [2.24, 2.45) is 0 Å². The molecule has 2 aromatic heterocycles. The molecule has 0 aliphatic carbocycles. The average Bonchev–Trinajstić information content (AvgIpc) is 3.54. The molecule has 2 heterocycles. The molecule has 4 rings (SSSR count). The maximum Gasteiger partial charge on any atom is 0.244 e. The second kappa shape index (κ2) is 11.0. The quantitative estimate of drug-likeness (QED) is 0.382. The summed E-state index contributed by atoms with van der Waals surface area (Å²) < 4.78 is 6.99. The highest BCUT2D eigenvalue weighted by Crippen LogP contribution is 2.24. The molecule has 2 amide bonds. The molecule has 172 valence electrons. The number of hydrogen-bond donors (Lipinski definition) is 1. The Labute approximate surface area is 198 Å². The molecule has 0 saturated carbocycles. The first-order chi connectivity index (χ1) is 16.6. The van der Waals surface area contributed by atoms with E-state index in [2.05, 4.69) is 5.32 Å². The van der Waals surface area contributed by atoms with Gasteiger partial charge in [-0.05, 0) is 30.3 Å². The predicted octanol–water partition coefficient (Wildman–Crippen LogP) is 4.31. The van der Waals surface area contributed by atoms with E-state index in [0.717, 1.165) is 22.5 Å². The van der Waals surface area contributed by atoms with Crippen LogP contribution in [0.1, 0.15) is 17.7 Å². The molecule has 7 heteroatoms. The minimum atomic E-state index is -0.276. The van der Waals surface area contributed by atoms with E-state index in [-0.39, 0.29) is 24.8 Å². The van der Waals surface area contributed by atoms with Crippen LogP contribution in [0.25, 0.3) is 23.0 Å². The molecule has 4 aromatic rings. The van der Waals surface area contributed by atoms with E-state index < -0.39 is 0 Å². The second-order valence-corrected chi connectivity index (χ2v) is 7.79. The molecule has 0 aliphatic heterocycles. The van der Waals surface area contributed by atoms with Gasteiger partial charge in [0.1, 0.15) is 5.76 Å². The Morgan fingerprint density at radius 3 is 2.47 bits per heavy atom. The van der Waals surface area contributed by atoms with Crippen LogP contribution >= 0.6 is 0 Å². The molecule has 0 aliphatic rings. The maximum absolute atomic E-state index is 12.7. The fourth-order valence-corrected chi connectivity index (χ4v) is 3.51. The van der Waals surface area contributed by atoms with Gasteiger partial charge in [-0.1, -0.05) is 48.5 Å². The number of hydrogen-bond acceptors (Lipinski definition) is 4. The number of carbonyl (C=O) groups is 2. The van der Waals surface area contributed by atoms with Gasteiger partial charge in [0.05, 0.1) is 17.6 Å². The Morgan fingerprint density at radius 2 is 1.76 bits per heavy atom. The third kappa shape index (κ3) is 5.89. The van der Waals surface area contributed by atoms with Gasteiger partial charge in [-0.2, -0.15) is 5.10 Å². The summed E-state index contributed by atoms with van der Waals surface area (Å²) in [7, 11) is 1.76. The van der Waals surface area contributed by atoms with Crippen molar-refractivity contribution < 1.29 is 14.0 Å². The molecule has 0 unspecified atom stereocenters. The molecule has 0 fully saturated rings. The van der Waals surface area contributed by atoms with Gasteiger partial charge >= 0.3 is 0 Å². The minimum absolute atomic E-state index is 0.0678. The lowest BCUT2D eigenvalue weighted by atomic mass is 10.1. The Morgan fingerprint density at radius 1 is 1.03 bits per heavy atom. The van der Waals surface area contributed by atoms with Crippen LogP contribution in [0, 0.1) is 0 Å². The molecular formula is C27H26N4O3. The summed E-state index contributed by atoms with van der Waals surface area (Å²) >= 11 is 0. The van der Waals surface area contributed by atoms with Crippen LogP contribution in [-0.2, 0) is 16.1 Å². The van der Waals surface area contributed by atoms with Gasteiger partial charge in [0, 0.05) is 50.0 Å². The predicted molar refractivity (Wildman–Crippen MR) is 131 cm³/mol. The number of carbonyl (C=O) groups excluding carboxylic acids is 2. The van der Waals surface area contributed by atoms with Crippen LogP contribution in [0.2, 0.25) is 0 Å². The van der Waals surface area contributed by atoms with Gasteiger partial charge in [0.15, 0.2) is 0 Å². The summed E-state index contributed by atoms with van der Waals surface area (Å²) in [6.45, 7) is 0.654. The van der Waals surface area contributed by atoms with Crippen LogP contribution in [0.15, 0.2) is 95.7 Å². The lowest BCUT2D eigenvalue weighted by molar-refractivity contribution is -0.130. The first-order valence-electron chi connectivity index (χ1n) is 11.0. The SMILES string of the molecule is CN(Cc1cn(-c2ccccc2)nc1-c1ccccc1)C(=O)CCNC(=O)/C=C/c1ccco1. The van der Waals surface area contributed by atoms with E-state index in [9.17, 15) is 9.59 Å². The number of benzene rings is 2. The first-order valence-corrected chi connectivity index (χ1v) is 11.0. The van der Waals surface area contributed by atoms with Crippen molar-refractivity contribution in [3.8, 4) is 16.9 Å². The van der Waals surface area contributed by atoms with Crippen molar-refractivity contribution in [3.05, 3.63) is 103 Å². The van der Waals surface area contributed by atoms with Gasteiger partial charge in [-0.3, -0.25) is 9.59 Å². The summed E-state index contributed by atoms with van der Waals surface area (Å²) in [6, 6.07) is 23.3. The molecule has 0 spiro atoms. The van der Waals surface area contributed by atoms with Crippen molar-refractivity contribution in [2.45, 2.75) is 13.0 Å². The highest BCUT2D eigenvalue weighted by atomic mass is 16.3. The van der Waals surface area contributed by atoms with Crippen molar-refractivity contribution in [1.82, 2.24) is 20.0 Å². The summed E-state index contributed by atoms with van der Waals surface area (Å²) in [5, 5.41) is 7.52. The van der Waals surface area contributed by atoms with Gasteiger partial charge in [-0.25, -0.2) is 4.68 Å². The number of rotatable bonds is 9. The monoisotopic (exact) mass is 454 g/mol. The summed E-state index contributed by atoms with van der Waals surface area (Å²) in [6.07, 6.45) is 6.67. The summed E-state index contributed by atoms with van der Waals surface area (Å²) in [4.78, 5) is 26.3. The lowest BCUT2D eigenvalue weighted by Gasteiger charge is -2.17. The molecule has 0 saturated heterocycles. The fourth-order valence-electron chi connectivity index (χ4n) is 3.51. The van der Waals surface area contributed by atoms with Crippen molar-refractivity contribution in [3.63, 3.8) is 0 Å². The normalized spacial score (nSPS) is 11.0. The van der Waals surface area contributed by atoms with E-state index in [1.807, 2.05) is 71.5 Å². The van der Waals surface area contributed by atoms with E-state index in [1.54, 1.807) is 36.4 Å². The lowest BCUT2D eigenvalue weighted by Crippen LogP contribution is -2.31. The first kappa shape index (κ1) is 22.8. The Balaban J connectivity index is 1.39. The smallest absolute Gasteiger partial charge is 0.244 e. The number of furan rings is 1. The van der Waals surface area contributed by atoms with Crippen molar-refractivity contribution in [1.29, 1.82) is 0 Å². The van der Waals surface area contributed by atoms with Crippen LogP contribution < -0.4 is 5.32 Å². The third-order valence-electron chi connectivity index (χ3n) is 5.27. The van der Waals surface area contributed by atoms with Crippen LogP contribution in [0.5, 0.6) is 0 Å². The second-order valence-electron chi connectivity index (χ2n) is 7.79. The van der Waals surface area contributed by atoms with Gasteiger partial charge < -0.3 is 14.6 Å². The molecule has 0 atom stereocenters. The molecular weight excluding hydrogens is 428 g/mol. The highest BCUT2D eigenvalue weighted by molar-refractivity contribution is 5.91. The van der Waals surface area contributed by atoms with E-state index in [0.29, 0.717) is 12.3 Å².